The van der Waals surface area contributed by atoms with Crippen LogP contribution in [0, 0.1) is 0 Å². The molecule has 15 heavy (non-hydrogen) atoms. The Morgan fingerprint density at radius 2 is 1.93 bits per heavy atom. The fraction of sp³-hybridized carbons (Fsp3) is 0.143. The molecule has 3 atom stereocenters. The summed E-state index contributed by atoms with van der Waals surface area (Å²) in [6.45, 7) is 0. The maximum absolute atomic E-state index is 11.4. The summed E-state index contributed by atoms with van der Waals surface area (Å²) in [6, 6.07) is 7.45. The molecule has 0 heterocycles. The molecule has 3 unspecified atom stereocenters. The molecule has 0 radical (unpaired) electrons. The van der Waals surface area contributed by atoms with Crippen molar-refractivity contribution in [2.45, 2.75) is 5.08 Å². The minimum absolute atomic E-state index is 0.0336. The summed E-state index contributed by atoms with van der Waals surface area (Å²) in [5.74, 6) is 4.61. The summed E-state index contributed by atoms with van der Waals surface area (Å²) >= 11 is 0. The Balaban J connectivity index is 3.29. The summed E-state index contributed by atoms with van der Waals surface area (Å²) in [6.07, 6.45) is 0. The van der Waals surface area contributed by atoms with Crippen LogP contribution in [0.25, 0.3) is 0 Å². The van der Waals surface area contributed by atoms with Crippen molar-refractivity contribution in [1.82, 2.24) is 0 Å². The van der Waals surface area contributed by atoms with Crippen LogP contribution < -0.4 is 5.90 Å². The van der Waals surface area contributed by atoms with Crippen LogP contribution in [0.5, 0.6) is 0 Å². The largest absolute Gasteiger partial charge is 0.387 e. The number of nitrogens with two attached hydrogens (primary N) is 1. The third kappa shape index (κ3) is 2.21. The van der Waals surface area contributed by atoms with Gasteiger partial charge in [-0.3, -0.25) is 4.57 Å². The molecule has 0 bridgehead atoms. The lowest BCUT2D eigenvalue weighted by Gasteiger charge is -2.25. The minimum atomic E-state index is -4.56. The van der Waals surface area contributed by atoms with Crippen molar-refractivity contribution in [2.24, 2.45) is 5.90 Å². The molecule has 0 amide bonds. The zero-order valence-electron chi connectivity index (χ0n) is 7.61. The predicted molar refractivity (Wildman–Crippen MR) is 55.8 cm³/mol. The second kappa shape index (κ2) is 4.58. The molecular weight excluding hydrogens is 240 g/mol. The number of benzene rings is 1. The topological polar surface area (TPSA) is 110 Å². The Bertz CT molecular complexity index is 398. The van der Waals surface area contributed by atoms with Crippen LogP contribution in [0.3, 0.4) is 0 Å². The van der Waals surface area contributed by atoms with Crippen molar-refractivity contribution in [3.63, 3.8) is 0 Å². The Kier molecular flexibility index (Phi) is 3.84. The zero-order valence-corrected chi connectivity index (χ0v) is 9.66. The Morgan fingerprint density at radius 1 is 1.40 bits per heavy atom. The van der Waals surface area contributed by atoms with Crippen LogP contribution in [0.4, 0.5) is 0 Å². The van der Waals surface area contributed by atoms with Crippen molar-refractivity contribution in [3.8, 4) is 0 Å². The standard InChI is InChI=1S/C7H11NO5P2/c8-13-15(11,12)7(9,14-10)6-4-2-1-3-5-6/h1-5,9H,8,14H2,(H,11,12). The van der Waals surface area contributed by atoms with Gasteiger partial charge in [-0.1, -0.05) is 30.3 Å². The molecular formula is C7H11NO5P2. The van der Waals surface area contributed by atoms with Crippen LogP contribution in [0.15, 0.2) is 30.3 Å². The lowest BCUT2D eigenvalue weighted by Crippen LogP contribution is -2.21. The van der Waals surface area contributed by atoms with E-state index in [0.29, 0.717) is 0 Å². The highest BCUT2D eigenvalue weighted by Gasteiger charge is 2.48. The van der Waals surface area contributed by atoms with Crippen molar-refractivity contribution in [2.75, 3.05) is 0 Å². The van der Waals surface area contributed by atoms with Crippen molar-refractivity contribution in [3.05, 3.63) is 35.9 Å². The lowest BCUT2D eigenvalue weighted by atomic mass is 10.2. The highest BCUT2D eigenvalue weighted by atomic mass is 31.2. The van der Waals surface area contributed by atoms with Gasteiger partial charge < -0.3 is 14.6 Å². The molecule has 4 N–H and O–H groups in total. The van der Waals surface area contributed by atoms with E-state index in [0.717, 1.165) is 0 Å². The SMILES string of the molecule is NOP(=O)(O)C(O)([PH2]=O)c1ccccc1. The monoisotopic (exact) mass is 251 g/mol. The first-order chi connectivity index (χ1) is 6.98. The summed E-state index contributed by atoms with van der Waals surface area (Å²) in [5, 5.41) is 7.40. The van der Waals surface area contributed by atoms with Gasteiger partial charge in [0.05, 0.1) is 0 Å². The molecule has 8 heteroatoms. The van der Waals surface area contributed by atoms with Gasteiger partial charge in [0.1, 0.15) is 8.46 Å². The molecule has 0 spiro atoms. The number of rotatable bonds is 4. The number of aliphatic hydroxyl groups is 1. The van der Waals surface area contributed by atoms with E-state index in [9.17, 15) is 19.1 Å². The third-order valence-electron chi connectivity index (χ3n) is 1.94. The molecule has 0 saturated heterocycles. The van der Waals surface area contributed by atoms with Crippen LogP contribution in [-0.2, 0) is 18.8 Å². The molecule has 84 valence electrons. The van der Waals surface area contributed by atoms with E-state index in [1.54, 1.807) is 6.07 Å². The van der Waals surface area contributed by atoms with E-state index in [2.05, 4.69) is 10.5 Å². The molecule has 0 aliphatic carbocycles. The lowest BCUT2D eigenvalue weighted by molar-refractivity contribution is 0.145. The van der Waals surface area contributed by atoms with Crippen LogP contribution in [0.1, 0.15) is 5.56 Å². The molecule has 6 nitrogen and oxygen atoms in total. The molecule has 1 rings (SSSR count). The third-order valence-corrected chi connectivity index (χ3v) is 5.30. The van der Waals surface area contributed by atoms with Crippen molar-refractivity contribution >= 4 is 16.1 Å². The maximum Gasteiger partial charge on any atom is 0.387 e. The molecule has 1 aromatic carbocycles. The molecule has 0 aliphatic heterocycles. The highest BCUT2D eigenvalue weighted by Crippen LogP contribution is 2.63. The quantitative estimate of drug-likeness (QED) is 0.534. The van der Waals surface area contributed by atoms with E-state index in [-0.39, 0.29) is 5.56 Å². The summed E-state index contributed by atoms with van der Waals surface area (Å²) in [5.41, 5.74) is 0.0336. The van der Waals surface area contributed by atoms with Gasteiger partial charge in [0, 0.05) is 5.56 Å². The molecule has 0 aliphatic rings. The second-order valence-corrected chi connectivity index (χ2v) is 6.33. The van der Waals surface area contributed by atoms with Gasteiger partial charge in [-0.05, 0) is 0 Å². The fourth-order valence-corrected chi connectivity index (χ4v) is 2.74. The zero-order chi connectivity index (χ0) is 11.5. The van der Waals surface area contributed by atoms with Gasteiger partial charge in [-0.2, -0.15) is 0 Å². The molecule has 0 saturated carbocycles. The number of hydrogen-bond acceptors (Lipinski definition) is 5. The van der Waals surface area contributed by atoms with E-state index in [4.69, 9.17) is 0 Å². The van der Waals surface area contributed by atoms with E-state index < -0.39 is 21.1 Å². The Hall–Kier alpha value is -0.480. The van der Waals surface area contributed by atoms with Gasteiger partial charge >= 0.3 is 7.60 Å². The first-order valence-electron chi connectivity index (χ1n) is 3.93. The number of hydrogen-bond donors (Lipinski definition) is 3. The predicted octanol–water partition coefficient (Wildman–Crippen LogP) is 0.621. The van der Waals surface area contributed by atoms with Crippen molar-refractivity contribution in [1.29, 1.82) is 0 Å². The van der Waals surface area contributed by atoms with Crippen LogP contribution >= 0.6 is 16.1 Å². The van der Waals surface area contributed by atoms with Crippen LogP contribution in [0.2, 0.25) is 0 Å². The van der Waals surface area contributed by atoms with Gasteiger partial charge in [-0.15, -0.1) is 0 Å². The first-order valence-corrected chi connectivity index (χ1v) is 6.56. The van der Waals surface area contributed by atoms with Gasteiger partial charge in [-0.25, -0.2) is 10.5 Å². The fourth-order valence-electron chi connectivity index (χ4n) is 1.06. The summed E-state index contributed by atoms with van der Waals surface area (Å²) in [7, 11) is -6.54. The Labute approximate surface area is 87.4 Å². The van der Waals surface area contributed by atoms with Gasteiger partial charge in [0.15, 0.2) is 0 Å². The molecule has 0 aromatic heterocycles. The molecule has 0 fully saturated rings. The second-order valence-electron chi connectivity index (χ2n) is 2.84. The molecule has 1 aromatic rings. The average Bonchev–Trinajstić information content (AvgIpc) is 2.29. The normalized spacial score (nSPS) is 19.9. The minimum Gasteiger partial charge on any atom is -0.368 e. The van der Waals surface area contributed by atoms with Gasteiger partial charge in [0.25, 0.3) is 0 Å². The van der Waals surface area contributed by atoms with Crippen molar-refractivity contribution < 1.29 is 23.8 Å². The summed E-state index contributed by atoms with van der Waals surface area (Å²) < 4.78 is 26.2. The van der Waals surface area contributed by atoms with Crippen LogP contribution in [-0.4, -0.2) is 10.00 Å². The van der Waals surface area contributed by atoms with E-state index in [1.165, 1.54) is 24.3 Å². The smallest absolute Gasteiger partial charge is 0.368 e. The summed E-state index contributed by atoms with van der Waals surface area (Å²) in [4.78, 5) is 9.27. The van der Waals surface area contributed by atoms with Gasteiger partial charge in [0.2, 0.25) is 5.08 Å². The average molecular weight is 251 g/mol. The highest BCUT2D eigenvalue weighted by molar-refractivity contribution is 7.63. The van der Waals surface area contributed by atoms with E-state index in [1.807, 2.05) is 0 Å². The maximum atomic E-state index is 11.4. The van der Waals surface area contributed by atoms with E-state index >= 15 is 0 Å². The first kappa shape index (κ1) is 12.6. The Morgan fingerprint density at radius 3 is 2.33 bits per heavy atom.